The topological polar surface area (TPSA) is 101 Å². The number of fused-ring (bicyclic) bond motifs is 1. The highest BCUT2D eigenvalue weighted by Gasteiger charge is 2.34. The number of aromatic nitrogens is 5. The van der Waals surface area contributed by atoms with Crippen molar-refractivity contribution < 1.29 is 9.53 Å². The molecule has 2 N–H and O–H groups in total. The number of imidazole rings is 1. The first-order chi connectivity index (χ1) is 16.1. The fourth-order valence-corrected chi connectivity index (χ4v) is 4.68. The quantitative estimate of drug-likeness (QED) is 0.458. The average molecular weight is 454 g/mol. The zero-order valence-corrected chi connectivity index (χ0v) is 19.8. The number of unbranched alkanes of at least 4 members (excludes halogenated alkanes) is 1. The molecule has 0 radical (unpaired) electrons. The van der Waals surface area contributed by atoms with Gasteiger partial charge in [0.05, 0.1) is 11.0 Å². The van der Waals surface area contributed by atoms with E-state index in [0.29, 0.717) is 24.9 Å². The van der Waals surface area contributed by atoms with E-state index in [2.05, 4.69) is 38.9 Å². The minimum absolute atomic E-state index is 0.00309. The molecule has 1 aromatic carbocycles. The van der Waals surface area contributed by atoms with Crippen molar-refractivity contribution in [2.75, 3.05) is 33.4 Å². The molecule has 0 unspecified atom stereocenters. The summed E-state index contributed by atoms with van der Waals surface area (Å²) in [6.45, 7) is 8.03. The Kier molecular flexibility index (Phi) is 7.72. The summed E-state index contributed by atoms with van der Waals surface area (Å²) in [5.41, 5.74) is 1.86. The van der Waals surface area contributed by atoms with Gasteiger partial charge in [-0.05, 0) is 37.3 Å². The number of benzene rings is 1. The predicted octanol–water partition coefficient (Wildman–Crippen LogP) is 2.82. The molecule has 33 heavy (non-hydrogen) atoms. The fourth-order valence-electron chi connectivity index (χ4n) is 4.68. The second-order valence-electron chi connectivity index (χ2n) is 9.24. The molecule has 178 valence electrons. The van der Waals surface area contributed by atoms with Crippen molar-refractivity contribution in [1.29, 1.82) is 0 Å². The third kappa shape index (κ3) is 5.42. The lowest BCUT2D eigenvalue weighted by Crippen LogP contribution is -2.52. The minimum Gasteiger partial charge on any atom is -0.385 e. The van der Waals surface area contributed by atoms with E-state index >= 15 is 0 Å². The molecule has 0 aliphatic carbocycles. The molecule has 2 aromatic heterocycles. The van der Waals surface area contributed by atoms with E-state index in [1.807, 2.05) is 29.2 Å². The number of nitrogens with one attached hydrogen (secondary N) is 2. The smallest absolute Gasteiger partial charge is 0.290 e. The van der Waals surface area contributed by atoms with Gasteiger partial charge in [-0.15, -0.1) is 0 Å². The third-order valence-corrected chi connectivity index (χ3v) is 6.24. The summed E-state index contributed by atoms with van der Waals surface area (Å²) in [5, 5.41) is 10.5. The molecule has 1 saturated heterocycles. The van der Waals surface area contributed by atoms with Crippen LogP contribution in [0.2, 0.25) is 0 Å². The van der Waals surface area contributed by atoms with E-state index in [-0.39, 0.29) is 17.9 Å². The largest absolute Gasteiger partial charge is 0.385 e. The van der Waals surface area contributed by atoms with Crippen molar-refractivity contribution in [2.45, 2.75) is 51.6 Å². The van der Waals surface area contributed by atoms with Crippen LogP contribution in [0.1, 0.15) is 55.5 Å². The third-order valence-electron chi connectivity index (χ3n) is 6.24. The molecule has 1 amide bonds. The van der Waals surface area contributed by atoms with Gasteiger partial charge in [-0.25, -0.2) is 9.97 Å². The molecule has 1 fully saturated rings. The van der Waals surface area contributed by atoms with Crippen molar-refractivity contribution in [3.8, 4) is 0 Å². The maximum absolute atomic E-state index is 14.0. The molecule has 9 heteroatoms. The van der Waals surface area contributed by atoms with Gasteiger partial charge in [-0.3, -0.25) is 9.89 Å². The molecular formula is C24H35N7O2. The Morgan fingerprint density at radius 2 is 2.12 bits per heavy atom. The van der Waals surface area contributed by atoms with Gasteiger partial charge in [0.15, 0.2) is 5.82 Å². The monoisotopic (exact) mass is 453 g/mol. The first-order valence-corrected chi connectivity index (χ1v) is 11.9. The number of piperidine rings is 1. The van der Waals surface area contributed by atoms with E-state index in [1.165, 1.54) is 0 Å². The van der Waals surface area contributed by atoms with Crippen LogP contribution in [-0.4, -0.2) is 74.9 Å². The van der Waals surface area contributed by atoms with Crippen LogP contribution in [0.15, 0.2) is 30.6 Å². The highest BCUT2D eigenvalue weighted by molar-refractivity contribution is 5.95. The van der Waals surface area contributed by atoms with Crippen molar-refractivity contribution in [2.24, 2.45) is 5.92 Å². The van der Waals surface area contributed by atoms with Crippen LogP contribution in [0, 0.1) is 5.92 Å². The molecule has 4 rings (SSSR count). The van der Waals surface area contributed by atoms with E-state index < -0.39 is 0 Å². The Morgan fingerprint density at radius 3 is 2.88 bits per heavy atom. The van der Waals surface area contributed by atoms with Gasteiger partial charge in [0.2, 0.25) is 0 Å². The lowest BCUT2D eigenvalue weighted by Gasteiger charge is -2.38. The van der Waals surface area contributed by atoms with E-state index in [4.69, 9.17) is 9.72 Å². The van der Waals surface area contributed by atoms with Gasteiger partial charge in [-0.2, -0.15) is 5.10 Å². The Hall–Kier alpha value is -2.78. The number of para-hydroxylation sites is 2. The predicted molar refractivity (Wildman–Crippen MR) is 127 cm³/mol. The molecule has 0 spiro atoms. The van der Waals surface area contributed by atoms with Crippen molar-refractivity contribution in [3.63, 3.8) is 0 Å². The number of methoxy groups -OCH3 is 1. The van der Waals surface area contributed by atoms with Crippen LogP contribution in [0.25, 0.3) is 11.0 Å². The van der Waals surface area contributed by atoms with Gasteiger partial charge in [0.25, 0.3) is 5.91 Å². The second-order valence-corrected chi connectivity index (χ2v) is 9.24. The van der Waals surface area contributed by atoms with Gasteiger partial charge in [-0.1, -0.05) is 26.0 Å². The zero-order valence-electron chi connectivity index (χ0n) is 19.8. The Morgan fingerprint density at radius 1 is 1.27 bits per heavy atom. The highest BCUT2D eigenvalue weighted by Crippen LogP contribution is 2.26. The number of aryl methyl sites for hydroxylation is 1. The maximum atomic E-state index is 14.0. The number of amides is 1. The number of rotatable bonds is 10. The van der Waals surface area contributed by atoms with Crippen molar-refractivity contribution in [3.05, 3.63) is 42.2 Å². The number of carbonyl (C=O) groups is 1. The normalized spacial score (nSPS) is 18.8. The number of aromatic amines is 1. The highest BCUT2D eigenvalue weighted by atomic mass is 16.5. The zero-order chi connectivity index (χ0) is 23.2. The Labute approximate surface area is 194 Å². The summed E-state index contributed by atoms with van der Waals surface area (Å²) in [4.78, 5) is 25.2. The molecular weight excluding hydrogens is 418 g/mol. The van der Waals surface area contributed by atoms with Gasteiger partial charge >= 0.3 is 0 Å². The average Bonchev–Trinajstić information content (AvgIpc) is 3.48. The standard InChI is InChI=1S/C24H35N7O2/c1-17(2)15-31(19-12-18(13-25-14-19)22-26-16-27-29-22)24(32)23-28-20-8-4-5-9-21(20)30(23)10-6-7-11-33-3/h4-5,8-9,16-19,25H,6-7,10-15H2,1-3H3,(H,26,27,29)/t18-,19+/m1/s1. The van der Waals surface area contributed by atoms with E-state index in [9.17, 15) is 4.79 Å². The number of ether oxygens (including phenoxy) is 1. The number of nitrogens with zero attached hydrogens (tertiary/aromatic N) is 5. The lowest BCUT2D eigenvalue weighted by atomic mass is 9.93. The molecule has 3 aromatic rings. The van der Waals surface area contributed by atoms with Crippen LogP contribution in [0.3, 0.4) is 0 Å². The van der Waals surface area contributed by atoms with Crippen LogP contribution < -0.4 is 5.32 Å². The summed E-state index contributed by atoms with van der Waals surface area (Å²) in [5.74, 6) is 1.93. The maximum Gasteiger partial charge on any atom is 0.290 e. The van der Waals surface area contributed by atoms with E-state index in [0.717, 1.165) is 55.8 Å². The summed E-state index contributed by atoms with van der Waals surface area (Å²) in [7, 11) is 1.72. The molecule has 3 heterocycles. The number of carbonyl (C=O) groups excluding carboxylic acids is 1. The van der Waals surface area contributed by atoms with Gasteiger partial charge in [0.1, 0.15) is 12.2 Å². The van der Waals surface area contributed by atoms with Crippen LogP contribution in [-0.2, 0) is 11.3 Å². The van der Waals surface area contributed by atoms with Crippen LogP contribution in [0.4, 0.5) is 0 Å². The number of hydrogen-bond donors (Lipinski definition) is 2. The summed E-state index contributed by atoms with van der Waals surface area (Å²) < 4.78 is 7.30. The van der Waals surface area contributed by atoms with Crippen molar-refractivity contribution >= 4 is 16.9 Å². The van der Waals surface area contributed by atoms with Crippen LogP contribution >= 0.6 is 0 Å². The number of hydrogen-bond acceptors (Lipinski definition) is 6. The number of H-pyrrole nitrogens is 1. The molecule has 9 nitrogen and oxygen atoms in total. The van der Waals surface area contributed by atoms with Crippen LogP contribution in [0.5, 0.6) is 0 Å². The van der Waals surface area contributed by atoms with Gasteiger partial charge in [0, 0.05) is 51.9 Å². The van der Waals surface area contributed by atoms with Crippen molar-refractivity contribution in [1.82, 2.24) is 34.9 Å². The first-order valence-electron chi connectivity index (χ1n) is 11.9. The first kappa shape index (κ1) is 23.4. The molecule has 1 aliphatic rings. The summed E-state index contributed by atoms with van der Waals surface area (Å²) in [6.07, 6.45) is 4.26. The summed E-state index contributed by atoms with van der Waals surface area (Å²) >= 11 is 0. The fraction of sp³-hybridized carbons (Fsp3) is 0.583. The van der Waals surface area contributed by atoms with E-state index in [1.54, 1.807) is 13.4 Å². The SMILES string of the molecule is COCCCCn1c(C(=O)N(CC(C)C)[C@@H]2CNC[C@H](c3ncn[nH]3)C2)nc2ccccc21. The Balaban J connectivity index is 1.62. The van der Waals surface area contributed by atoms with Gasteiger partial charge < -0.3 is 19.5 Å². The lowest BCUT2D eigenvalue weighted by molar-refractivity contribution is 0.0590. The Bertz CT molecular complexity index is 1030. The molecule has 2 atom stereocenters. The second kappa shape index (κ2) is 10.9. The minimum atomic E-state index is -0.00309. The molecule has 1 aliphatic heterocycles. The molecule has 0 bridgehead atoms. The molecule has 0 saturated carbocycles. The summed E-state index contributed by atoms with van der Waals surface area (Å²) in [6, 6.07) is 8.06.